The molecule has 2 nitrogen and oxygen atoms in total. The maximum absolute atomic E-state index is 5.87. The van der Waals surface area contributed by atoms with E-state index < -0.39 is 0 Å². The molecule has 0 fully saturated rings. The molecular weight excluding hydrogens is 312 g/mol. The molecule has 0 saturated heterocycles. The average Bonchev–Trinajstić information content (AvgIpc) is 2.54. The van der Waals surface area contributed by atoms with Crippen molar-refractivity contribution in [3.8, 4) is 0 Å². The first-order valence-electron chi connectivity index (χ1n) is 7.51. The molecular formula is C18H21ClN2S. The molecule has 0 unspecified atom stereocenters. The minimum absolute atomic E-state index is 0.562. The van der Waals surface area contributed by atoms with Crippen LogP contribution in [0.4, 0.5) is 5.69 Å². The maximum Gasteiger partial charge on any atom is 0.170 e. The summed E-state index contributed by atoms with van der Waals surface area (Å²) in [6, 6.07) is 18.1. The number of halogens is 1. The van der Waals surface area contributed by atoms with E-state index in [0.29, 0.717) is 11.0 Å². The predicted octanol–water partition coefficient (Wildman–Crippen LogP) is 4.90. The Kier molecular flexibility index (Phi) is 6.69. The van der Waals surface area contributed by atoms with Crippen LogP contribution in [-0.2, 0) is 6.42 Å². The molecule has 0 saturated carbocycles. The number of benzene rings is 2. The van der Waals surface area contributed by atoms with Gasteiger partial charge in [-0.2, -0.15) is 0 Å². The van der Waals surface area contributed by atoms with Gasteiger partial charge < -0.3 is 10.6 Å². The quantitative estimate of drug-likeness (QED) is 0.736. The Labute approximate surface area is 142 Å². The SMILES string of the molecule is CC[C@@H](CNC(=S)Nc1ccc(Cl)cc1)Cc1ccccc1. The number of hydrogen-bond donors (Lipinski definition) is 2. The fourth-order valence-corrected chi connectivity index (χ4v) is 2.58. The number of hydrogen-bond acceptors (Lipinski definition) is 1. The summed E-state index contributed by atoms with van der Waals surface area (Å²) < 4.78 is 0. The van der Waals surface area contributed by atoms with Gasteiger partial charge in [0.2, 0.25) is 0 Å². The molecule has 22 heavy (non-hydrogen) atoms. The van der Waals surface area contributed by atoms with Crippen LogP contribution in [0, 0.1) is 5.92 Å². The van der Waals surface area contributed by atoms with E-state index in [0.717, 1.165) is 30.1 Å². The Hall–Kier alpha value is -1.58. The van der Waals surface area contributed by atoms with Gasteiger partial charge in [-0.05, 0) is 54.4 Å². The average molecular weight is 333 g/mol. The van der Waals surface area contributed by atoms with Crippen molar-refractivity contribution in [2.45, 2.75) is 19.8 Å². The molecule has 0 radical (unpaired) electrons. The van der Waals surface area contributed by atoms with Crippen molar-refractivity contribution in [1.82, 2.24) is 5.32 Å². The summed E-state index contributed by atoms with van der Waals surface area (Å²) in [6.07, 6.45) is 2.18. The maximum atomic E-state index is 5.87. The Morgan fingerprint density at radius 1 is 1.09 bits per heavy atom. The van der Waals surface area contributed by atoms with E-state index >= 15 is 0 Å². The molecule has 0 amide bonds. The number of thiocarbonyl (C=S) groups is 1. The molecule has 0 aromatic heterocycles. The summed E-state index contributed by atoms with van der Waals surface area (Å²) >= 11 is 11.2. The zero-order chi connectivity index (χ0) is 15.8. The summed E-state index contributed by atoms with van der Waals surface area (Å²) in [5.74, 6) is 0.562. The first kappa shape index (κ1) is 16.8. The second-order valence-corrected chi connectivity index (χ2v) is 6.15. The van der Waals surface area contributed by atoms with E-state index in [-0.39, 0.29) is 0 Å². The smallest absolute Gasteiger partial charge is 0.170 e. The second-order valence-electron chi connectivity index (χ2n) is 5.31. The fraction of sp³-hybridized carbons (Fsp3) is 0.278. The number of anilines is 1. The Morgan fingerprint density at radius 2 is 1.77 bits per heavy atom. The summed E-state index contributed by atoms with van der Waals surface area (Å²) in [6.45, 7) is 3.08. The number of rotatable bonds is 6. The Balaban J connectivity index is 1.79. The molecule has 2 rings (SSSR count). The van der Waals surface area contributed by atoms with Crippen molar-refractivity contribution in [2.75, 3.05) is 11.9 Å². The molecule has 4 heteroatoms. The Bertz CT molecular complexity index is 584. The van der Waals surface area contributed by atoms with Crippen molar-refractivity contribution in [1.29, 1.82) is 0 Å². The van der Waals surface area contributed by atoms with Crippen molar-refractivity contribution < 1.29 is 0 Å². The molecule has 0 bridgehead atoms. The topological polar surface area (TPSA) is 24.1 Å². The van der Waals surface area contributed by atoms with Gasteiger partial charge in [0.1, 0.15) is 0 Å². The van der Waals surface area contributed by atoms with E-state index in [9.17, 15) is 0 Å². The molecule has 0 heterocycles. The summed E-state index contributed by atoms with van der Waals surface area (Å²) in [5, 5.41) is 7.85. The van der Waals surface area contributed by atoms with Crippen LogP contribution in [0.2, 0.25) is 5.02 Å². The van der Waals surface area contributed by atoms with Crippen molar-refractivity contribution in [3.05, 3.63) is 65.2 Å². The number of nitrogens with one attached hydrogen (secondary N) is 2. The lowest BCUT2D eigenvalue weighted by molar-refractivity contribution is 0.498. The summed E-state index contributed by atoms with van der Waals surface area (Å²) in [4.78, 5) is 0. The summed E-state index contributed by atoms with van der Waals surface area (Å²) in [5.41, 5.74) is 2.31. The molecule has 116 valence electrons. The van der Waals surface area contributed by atoms with Gasteiger partial charge in [-0.1, -0.05) is 55.3 Å². The van der Waals surface area contributed by atoms with E-state index in [1.165, 1.54) is 5.56 Å². The van der Waals surface area contributed by atoms with Gasteiger partial charge in [-0.15, -0.1) is 0 Å². The third-order valence-electron chi connectivity index (χ3n) is 3.60. The molecule has 0 aliphatic heterocycles. The van der Waals surface area contributed by atoms with Crippen LogP contribution in [0.25, 0.3) is 0 Å². The highest BCUT2D eigenvalue weighted by atomic mass is 35.5. The predicted molar refractivity (Wildman–Crippen MR) is 99.6 cm³/mol. The lowest BCUT2D eigenvalue weighted by Crippen LogP contribution is -2.33. The van der Waals surface area contributed by atoms with E-state index in [4.69, 9.17) is 23.8 Å². The largest absolute Gasteiger partial charge is 0.362 e. The first-order chi connectivity index (χ1) is 10.7. The molecule has 2 N–H and O–H groups in total. The van der Waals surface area contributed by atoms with Gasteiger partial charge in [-0.3, -0.25) is 0 Å². The lowest BCUT2D eigenvalue weighted by Gasteiger charge is -2.17. The van der Waals surface area contributed by atoms with Crippen LogP contribution in [0.1, 0.15) is 18.9 Å². The van der Waals surface area contributed by atoms with Crippen LogP contribution < -0.4 is 10.6 Å². The minimum Gasteiger partial charge on any atom is -0.362 e. The fourth-order valence-electron chi connectivity index (χ4n) is 2.25. The highest BCUT2D eigenvalue weighted by Crippen LogP contribution is 2.14. The molecule has 1 atom stereocenters. The van der Waals surface area contributed by atoms with Crippen LogP contribution in [-0.4, -0.2) is 11.7 Å². The van der Waals surface area contributed by atoms with Crippen LogP contribution in [0.15, 0.2) is 54.6 Å². The normalized spacial score (nSPS) is 11.7. The zero-order valence-corrected chi connectivity index (χ0v) is 14.3. The van der Waals surface area contributed by atoms with Crippen molar-refractivity contribution in [3.63, 3.8) is 0 Å². The van der Waals surface area contributed by atoms with Gasteiger partial charge in [0.05, 0.1) is 0 Å². The van der Waals surface area contributed by atoms with Gasteiger partial charge in [-0.25, -0.2) is 0 Å². The second kappa shape index (κ2) is 8.76. The van der Waals surface area contributed by atoms with E-state index in [1.54, 1.807) is 0 Å². The minimum atomic E-state index is 0.562. The van der Waals surface area contributed by atoms with Crippen LogP contribution >= 0.6 is 23.8 Å². The third-order valence-corrected chi connectivity index (χ3v) is 4.10. The van der Waals surface area contributed by atoms with Crippen molar-refractivity contribution >= 4 is 34.6 Å². The van der Waals surface area contributed by atoms with Gasteiger partial charge >= 0.3 is 0 Å². The van der Waals surface area contributed by atoms with Crippen molar-refractivity contribution in [2.24, 2.45) is 5.92 Å². The molecule has 0 aliphatic rings. The highest BCUT2D eigenvalue weighted by molar-refractivity contribution is 7.80. The van der Waals surface area contributed by atoms with Gasteiger partial charge in [0, 0.05) is 17.3 Å². The Morgan fingerprint density at radius 3 is 2.41 bits per heavy atom. The van der Waals surface area contributed by atoms with E-state index in [1.807, 2.05) is 30.3 Å². The van der Waals surface area contributed by atoms with E-state index in [2.05, 4.69) is 41.8 Å². The third kappa shape index (κ3) is 5.66. The summed E-state index contributed by atoms with van der Waals surface area (Å²) in [7, 11) is 0. The highest BCUT2D eigenvalue weighted by Gasteiger charge is 2.08. The molecule has 2 aromatic rings. The molecule has 0 spiro atoms. The monoisotopic (exact) mass is 332 g/mol. The zero-order valence-electron chi connectivity index (χ0n) is 12.7. The van der Waals surface area contributed by atoms with Crippen LogP contribution in [0.3, 0.4) is 0 Å². The molecule has 2 aromatic carbocycles. The lowest BCUT2D eigenvalue weighted by atomic mass is 9.97. The molecule has 0 aliphatic carbocycles. The van der Waals surface area contributed by atoms with Gasteiger partial charge in [0.25, 0.3) is 0 Å². The standard InChI is InChI=1S/C18H21ClN2S/c1-2-14(12-15-6-4-3-5-7-15)13-20-18(22)21-17-10-8-16(19)9-11-17/h3-11,14H,2,12-13H2,1H3,(H2,20,21,22)/t14-/m1/s1. The van der Waals surface area contributed by atoms with Crippen LogP contribution in [0.5, 0.6) is 0 Å². The van der Waals surface area contributed by atoms with Gasteiger partial charge in [0.15, 0.2) is 5.11 Å². The first-order valence-corrected chi connectivity index (χ1v) is 8.30.